The van der Waals surface area contributed by atoms with Gasteiger partial charge in [-0.05, 0) is 24.3 Å². The van der Waals surface area contributed by atoms with E-state index in [4.69, 9.17) is 4.74 Å². The molecule has 0 atom stereocenters. The maximum Gasteiger partial charge on any atom is 0.256 e. The number of amidine groups is 1. The molecule has 0 fully saturated rings. The van der Waals surface area contributed by atoms with E-state index < -0.39 is 0 Å². The van der Waals surface area contributed by atoms with Gasteiger partial charge in [0, 0.05) is 25.0 Å². The molecule has 1 amide bonds. The van der Waals surface area contributed by atoms with Gasteiger partial charge in [-0.1, -0.05) is 30.0 Å². The number of halogens is 1. The number of nitrogens with zero attached hydrogens (tertiary/aromatic N) is 2. The van der Waals surface area contributed by atoms with Crippen molar-refractivity contribution in [3.8, 4) is 11.6 Å². The molecule has 1 aromatic carbocycles. The smallest absolute Gasteiger partial charge is 0.256 e. The first-order valence-corrected chi connectivity index (χ1v) is 8.69. The first-order valence-electron chi connectivity index (χ1n) is 7.70. The highest BCUT2D eigenvalue weighted by molar-refractivity contribution is 8.93. The predicted octanol–water partition coefficient (Wildman–Crippen LogP) is 2.87. The normalized spacial score (nSPS) is 12.6. The highest BCUT2D eigenvalue weighted by Crippen LogP contribution is 2.22. The molecule has 132 valence electrons. The third-order valence-corrected chi connectivity index (χ3v) is 4.20. The van der Waals surface area contributed by atoms with Gasteiger partial charge in [-0.25, -0.2) is 4.98 Å². The van der Waals surface area contributed by atoms with Crippen molar-refractivity contribution >= 4 is 39.8 Å². The summed E-state index contributed by atoms with van der Waals surface area (Å²) in [5, 5.41) is 7.01. The Bertz CT molecular complexity index is 728. The van der Waals surface area contributed by atoms with Crippen molar-refractivity contribution in [2.45, 2.75) is 0 Å². The molecule has 0 spiro atoms. The third kappa shape index (κ3) is 5.75. The van der Waals surface area contributed by atoms with Crippen molar-refractivity contribution < 1.29 is 9.53 Å². The van der Waals surface area contributed by atoms with Crippen LogP contribution in [0.15, 0.2) is 53.7 Å². The zero-order chi connectivity index (χ0) is 16.6. The van der Waals surface area contributed by atoms with Crippen LogP contribution < -0.4 is 15.4 Å². The molecule has 0 saturated heterocycles. The van der Waals surface area contributed by atoms with Crippen molar-refractivity contribution in [3.63, 3.8) is 0 Å². The number of carbonyl (C=O) groups excluding carboxylic acids is 1. The molecule has 0 unspecified atom stereocenters. The fourth-order valence-electron chi connectivity index (χ4n) is 2.13. The van der Waals surface area contributed by atoms with Gasteiger partial charge in [-0.2, -0.15) is 0 Å². The number of aromatic nitrogens is 1. The highest BCUT2D eigenvalue weighted by Gasteiger charge is 2.14. The van der Waals surface area contributed by atoms with E-state index in [0.29, 0.717) is 23.7 Å². The van der Waals surface area contributed by atoms with E-state index in [9.17, 15) is 4.79 Å². The molecule has 6 nitrogen and oxygen atoms in total. The molecule has 0 aliphatic carbocycles. The van der Waals surface area contributed by atoms with Gasteiger partial charge in [0.15, 0.2) is 5.17 Å². The van der Waals surface area contributed by atoms with Crippen LogP contribution in [0.25, 0.3) is 0 Å². The maximum absolute atomic E-state index is 12.4. The summed E-state index contributed by atoms with van der Waals surface area (Å²) in [5.74, 6) is 1.50. The number of amides is 1. The van der Waals surface area contributed by atoms with Crippen molar-refractivity contribution in [2.75, 3.05) is 25.4 Å². The summed E-state index contributed by atoms with van der Waals surface area (Å²) >= 11 is 1.61. The van der Waals surface area contributed by atoms with Gasteiger partial charge in [0.05, 0.1) is 6.54 Å². The van der Waals surface area contributed by atoms with Crippen LogP contribution in [0.4, 0.5) is 0 Å². The second-order valence-corrected chi connectivity index (χ2v) is 6.07. The first kappa shape index (κ1) is 19.3. The van der Waals surface area contributed by atoms with E-state index in [1.165, 1.54) is 0 Å². The number of rotatable bonds is 6. The number of benzene rings is 1. The average molecular weight is 423 g/mol. The minimum absolute atomic E-state index is 0. The molecule has 0 radical (unpaired) electrons. The summed E-state index contributed by atoms with van der Waals surface area (Å²) in [4.78, 5) is 20.8. The quantitative estimate of drug-likeness (QED) is 0.699. The van der Waals surface area contributed by atoms with Gasteiger partial charge in [0.1, 0.15) is 11.3 Å². The number of thioether (sulfide) groups is 1. The maximum atomic E-state index is 12.4. The van der Waals surface area contributed by atoms with Crippen molar-refractivity contribution in [2.24, 2.45) is 4.99 Å². The number of hydrogen-bond acceptors (Lipinski definition) is 6. The van der Waals surface area contributed by atoms with Crippen molar-refractivity contribution in [1.82, 2.24) is 15.6 Å². The zero-order valence-electron chi connectivity index (χ0n) is 13.5. The summed E-state index contributed by atoms with van der Waals surface area (Å²) in [6.07, 6.45) is 1.61. The lowest BCUT2D eigenvalue weighted by Crippen LogP contribution is -2.27. The number of para-hydroxylation sites is 1. The lowest BCUT2D eigenvalue weighted by atomic mass is 10.2. The summed E-state index contributed by atoms with van der Waals surface area (Å²) in [6, 6.07) is 12.7. The Hall–Kier alpha value is -2.06. The average Bonchev–Trinajstić information content (AvgIpc) is 3.13. The Morgan fingerprint density at radius 3 is 2.84 bits per heavy atom. The van der Waals surface area contributed by atoms with E-state index >= 15 is 0 Å². The van der Waals surface area contributed by atoms with E-state index in [2.05, 4.69) is 20.6 Å². The van der Waals surface area contributed by atoms with Crippen molar-refractivity contribution in [3.05, 3.63) is 54.2 Å². The topological polar surface area (TPSA) is 75.6 Å². The summed E-state index contributed by atoms with van der Waals surface area (Å²) in [6.45, 7) is 2.26. The van der Waals surface area contributed by atoms with Crippen LogP contribution in [0.5, 0.6) is 11.6 Å². The molecule has 3 rings (SSSR count). The number of hydrogen-bond donors (Lipinski definition) is 2. The Morgan fingerprint density at radius 1 is 1.24 bits per heavy atom. The highest BCUT2D eigenvalue weighted by atomic mass is 79.9. The lowest BCUT2D eigenvalue weighted by molar-refractivity contribution is 0.0953. The first-order chi connectivity index (χ1) is 11.8. The van der Waals surface area contributed by atoms with E-state index in [0.717, 1.165) is 24.0 Å². The molecule has 1 aliphatic rings. The van der Waals surface area contributed by atoms with Gasteiger partial charge in [-0.15, -0.1) is 17.0 Å². The van der Waals surface area contributed by atoms with E-state index in [1.807, 2.05) is 30.3 Å². The Balaban J connectivity index is 0.00000225. The van der Waals surface area contributed by atoms with Crippen molar-refractivity contribution in [1.29, 1.82) is 0 Å². The molecule has 1 aliphatic heterocycles. The minimum atomic E-state index is -0.198. The summed E-state index contributed by atoms with van der Waals surface area (Å²) in [7, 11) is 0. The van der Waals surface area contributed by atoms with Crippen LogP contribution in [-0.4, -0.2) is 41.4 Å². The van der Waals surface area contributed by atoms with Crippen LogP contribution in [0.1, 0.15) is 10.4 Å². The second-order valence-electron chi connectivity index (χ2n) is 4.99. The Kier molecular flexibility index (Phi) is 7.75. The minimum Gasteiger partial charge on any atom is -0.438 e. The number of nitrogens with one attached hydrogen (secondary N) is 2. The van der Waals surface area contributed by atoms with Gasteiger partial charge >= 0.3 is 0 Å². The summed E-state index contributed by atoms with van der Waals surface area (Å²) < 4.78 is 5.71. The molecule has 2 aromatic rings. The van der Waals surface area contributed by atoms with Crippen LogP contribution in [0.3, 0.4) is 0 Å². The Morgan fingerprint density at radius 2 is 2.08 bits per heavy atom. The van der Waals surface area contributed by atoms with Crippen LogP contribution in [0, 0.1) is 0 Å². The molecule has 2 heterocycles. The molecule has 1 aromatic heterocycles. The second kappa shape index (κ2) is 10.0. The van der Waals surface area contributed by atoms with Crippen LogP contribution in [-0.2, 0) is 0 Å². The molecule has 2 N–H and O–H groups in total. The van der Waals surface area contributed by atoms with Crippen LogP contribution in [0.2, 0.25) is 0 Å². The SMILES string of the molecule is Br.O=C(NCCSC1=NCCN1)c1cccnc1Oc1ccccc1. The van der Waals surface area contributed by atoms with Gasteiger partial charge in [0.2, 0.25) is 5.88 Å². The molecule has 0 bridgehead atoms. The predicted molar refractivity (Wildman–Crippen MR) is 106 cm³/mol. The molecular weight excluding hydrogens is 404 g/mol. The number of carbonyl (C=O) groups is 1. The number of pyridine rings is 1. The van der Waals surface area contributed by atoms with Gasteiger partial charge < -0.3 is 15.4 Å². The Labute approximate surface area is 161 Å². The lowest BCUT2D eigenvalue weighted by Gasteiger charge is -2.10. The molecule has 0 saturated carbocycles. The summed E-state index contributed by atoms with van der Waals surface area (Å²) in [5.41, 5.74) is 0.419. The fraction of sp³-hybridized carbons (Fsp3) is 0.235. The van der Waals surface area contributed by atoms with E-state index in [1.54, 1.807) is 30.1 Å². The van der Waals surface area contributed by atoms with Crippen LogP contribution >= 0.6 is 28.7 Å². The molecule has 8 heteroatoms. The fourth-order valence-corrected chi connectivity index (χ4v) is 2.91. The largest absolute Gasteiger partial charge is 0.438 e. The molecular formula is C17H19BrN4O2S. The zero-order valence-corrected chi connectivity index (χ0v) is 16.0. The van der Waals surface area contributed by atoms with Gasteiger partial charge in [-0.3, -0.25) is 9.79 Å². The third-order valence-electron chi connectivity index (χ3n) is 3.24. The van der Waals surface area contributed by atoms with Gasteiger partial charge in [0.25, 0.3) is 5.91 Å². The standard InChI is InChI=1S/C17H18N4O2S.BrH/c22-15(18-11-12-24-17-20-9-10-21-17)14-7-4-8-19-16(14)23-13-5-2-1-3-6-13;/h1-8H,9-12H2,(H,18,22)(H,20,21);1H. The molecule has 25 heavy (non-hydrogen) atoms. The van der Waals surface area contributed by atoms with E-state index in [-0.39, 0.29) is 22.9 Å². The number of aliphatic imine (C=N–C) groups is 1. The number of ether oxygens (including phenoxy) is 1. The monoisotopic (exact) mass is 422 g/mol.